The highest BCUT2D eigenvalue weighted by Crippen LogP contribution is 2.35. The smallest absolute Gasteiger partial charge is 0.114 e. The van der Waals surface area contributed by atoms with E-state index in [-0.39, 0.29) is 12.0 Å². The van der Waals surface area contributed by atoms with Crippen molar-refractivity contribution in [2.75, 3.05) is 31.6 Å². The summed E-state index contributed by atoms with van der Waals surface area (Å²) in [5, 5.41) is 4.30. The van der Waals surface area contributed by atoms with Crippen LogP contribution in [0.25, 0.3) is 0 Å². The van der Waals surface area contributed by atoms with Crippen molar-refractivity contribution in [1.29, 1.82) is 0 Å². The molecule has 4 rings (SSSR count). The number of rotatable bonds is 0. The first-order valence-corrected chi connectivity index (χ1v) is 8.01. The second-order valence-corrected chi connectivity index (χ2v) is 6.13. The molecule has 2 unspecified atom stereocenters. The lowest BCUT2D eigenvalue weighted by atomic mass is 9.93. The van der Waals surface area contributed by atoms with Crippen molar-refractivity contribution in [3.05, 3.63) is 47.5 Å². The summed E-state index contributed by atoms with van der Waals surface area (Å²) in [6.45, 7) is 3.28. The molecule has 0 saturated carbocycles. The van der Waals surface area contributed by atoms with E-state index in [1.807, 2.05) is 18.2 Å². The number of hydrogen-bond acceptors (Lipinski definition) is 4. The minimum atomic E-state index is 0.217. The van der Waals surface area contributed by atoms with Crippen molar-refractivity contribution in [3.63, 3.8) is 0 Å². The molecule has 5 heteroatoms. The molecular formula is C17H18ClN3O. The maximum atomic E-state index is 6.16. The molecule has 0 bridgehead atoms. The van der Waals surface area contributed by atoms with Gasteiger partial charge >= 0.3 is 0 Å². The second kappa shape index (κ2) is 5.78. The van der Waals surface area contributed by atoms with Gasteiger partial charge in [-0.3, -0.25) is 0 Å². The number of nitrogens with zero attached hydrogens (tertiary/aromatic N) is 2. The molecule has 2 atom stereocenters. The van der Waals surface area contributed by atoms with Crippen molar-refractivity contribution in [2.45, 2.75) is 6.04 Å². The molecule has 2 aliphatic heterocycles. The molecule has 0 spiro atoms. The monoisotopic (exact) mass is 315 g/mol. The zero-order valence-electron chi connectivity index (χ0n) is 12.2. The van der Waals surface area contributed by atoms with Gasteiger partial charge in [-0.15, -0.1) is 0 Å². The molecule has 22 heavy (non-hydrogen) atoms. The number of fused-ring (bicyclic) bond motifs is 2. The Morgan fingerprint density at radius 3 is 2.86 bits per heavy atom. The summed E-state index contributed by atoms with van der Waals surface area (Å²) in [5.41, 5.74) is 1.94. The Labute approximate surface area is 135 Å². The van der Waals surface area contributed by atoms with Gasteiger partial charge in [-0.1, -0.05) is 35.9 Å². The number of morpholine rings is 1. The first-order valence-electron chi connectivity index (χ1n) is 7.63. The predicted molar refractivity (Wildman–Crippen MR) is 90.1 cm³/mol. The lowest BCUT2D eigenvalue weighted by Gasteiger charge is -2.35. The van der Waals surface area contributed by atoms with Gasteiger partial charge in [-0.2, -0.15) is 0 Å². The number of aliphatic imine (C=N–C) groups is 1. The number of nitrogens with one attached hydrogen (secondary N) is 1. The summed E-state index contributed by atoms with van der Waals surface area (Å²) < 4.78 is 5.48. The maximum absolute atomic E-state index is 6.16. The third-order valence-corrected chi connectivity index (χ3v) is 4.52. The molecule has 0 aromatic heterocycles. The van der Waals surface area contributed by atoms with Crippen molar-refractivity contribution in [3.8, 4) is 0 Å². The van der Waals surface area contributed by atoms with Crippen molar-refractivity contribution < 1.29 is 4.74 Å². The summed E-state index contributed by atoms with van der Waals surface area (Å²) in [6.07, 6.45) is 8.61. The topological polar surface area (TPSA) is 36.9 Å². The molecule has 114 valence electrons. The van der Waals surface area contributed by atoms with Crippen LogP contribution in [0.15, 0.2) is 47.5 Å². The molecule has 0 amide bonds. The standard InChI is InChI=1S/C17H18ClN3O/c18-12-5-6-15-16(11-12)20-17(21-7-9-22-10-8-21)13-3-1-2-4-14(13)19-15/h1-6,11,13-14,19H,7-10H2. The average molecular weight is 316 g/mol. The van der Waals surface area contributed by atoms with Gasteiger partial charge in [0.15, 0.2) is 0 Å². The highest BCUT2D eigenvalue weighted by molar-refractivity contribution is 6.31. The Bertz CT molecular complexity index is 662. The lowest BCUT2D eigenvalue weighted by Crippen LogP contribution is -2.46. The third-order valence-electron chi connectivity index (χ3n) is 4.29. The van der Waals surface area contributed by atoms with Crippen LogP contribution in [-0.4, -0.2) is 43.1 Å². The van der Waals surface area contributed by atoms with E-state index < -0.39 is 0 Å². The molecule has 1 saturated heterocycles. The lowest BCUT2D eigenvalue weighted by molar-refractivity contribution is 0.0664. The number of anilines is 1. The molecule has 1 aliphatic carbocycles. The first-order chi connectivity index (χ1) is 10.8. The van der Waals surface area contributed by atoms with Crippen molar-refractivity contribution in [1.82, 2.24) is 4.90 Å². The predicted octanol–water partition coefficient (Wildman–Crippen LogP) is 3.24. The van der Waals surface area contributed by atoms with Gasteiger partial charge in [0.05, 0.1) is 36.5 Å². The summed E-state index contributed by atoms with van der Waals surface area (Å²) in [6, 6.07) is 6.05. The van der Waals surface area contributed by atoms with Crippen LogP contribution in [-0.2, 0) is 4.74 Å². The van der Waals surface area contributed by atoms with E-state index in [1.54, 1.807) is 0 Å². The Kier molecular flexibility index (Phi) is 3.64. The van der Waals surface area contributed by atoms with E-state index in [4.69, 9.17) is 21.3 Å². The normalized spacial score (nSPS) is 26.6. The summed E-state index contributed by atoms with van der Waals surface area (Å²) in [7, 11) is 0. The van der Waals surface area contributed by atoms with E-state index in [0.717, 1.165) is 43.5 Å². The van der Waals surface area contributed by atoms with E-state index >= 15 is 0 Å². The number of allylic oxidation sites excluding steroid dienone is 2. The third kappa shape index (κ3) is 2.53. The molecular weight excluding hydrogens is 298 g/mol. The van der Waals surface area contributed by atoms with E-state index in [1.165, 1.54) is 0 Å². The highest BCUT2D eigenvalue weighted by atomic mass is 35.5. The SMILES string of the molecule is Clc1ccc2c(c1)N=C(N1CCOCC1)C1C=CC=CC1N2. The summed E-state index contributed by atoms with van der Waals surface area (Å²) >= 11 is 6.16. The molecule has 1 fully saturated rings. The maximum Gasteiger partial charge on any atom is 0.114 e. The van der Waals surface area contributed by atoms with Crippen LogP contribution >= 0.6 is 11.6 Å². The molecule has 3 aliphatic rings. The molecule has 1 aromatic rings. The van der Waals surface area contributed by atoms with Gasteiger partial charge in [-0.25, -0.2) is 4.99 Å². The van der Waals surface area contributed by atoms with Crippen molar-refractivity contribution in [2.24, 2.45) is 10.9 Å². The van der Waals surface area contributed by atoms with E-state index in [9.17, 15) is 0 Å². The van der Waals surface area contributed by atoms with Crippen LogP contribution in [0.2, 0.25) is 5.02 Å². The number of benzene rings is 1. The van der Waals surface area contributed by atoms with Crippen molar-refractivity contribution >= 4 is 28.8 Å². The first kappa shape index (κ1) is 13.9. The summed E-state index contributed by atoms with van der Waals surface area (Å²) in [4.78, 5) is 7.30. The molecule has 1 aromatic carbocycles. The zero-order valence-corrected chi connectivity index (χ0v) is 13.0. The van der Waals surface area contributed by atoms with Gasteiger partial charge < -0.3 is 15.0 Å². The quantitative estimate of drug-likeness (QED) is 0.798. The molecule has 0 radical (unpaired) electrons. The Morgan fingerprint density at radius 1 is 1.18 bits per heavy atom. The van der Waals surface area contributed by atoms with Crippen LogP contribution in [0.1, 0.15) is 0 Å². The van der Waals surface area contributed by atoms with Gasteiger partial charge in [0.25, 0.3) is 0 Å². The van der Waals surface area contributed by atoms with Gasteiger partial charge in [-0.05, 0) is 18.2 Å². The number of ether oxygens (including phenoxy) is 1. The van der Waals surface area contributed by atoms with Crippen LogP contribution in [0.4, 0.5) is 11.4 Å². The van der Waals surface area contributed by atoms with Crippen LogP contribution < -0.4 is 5.32 Å². The second-order valence-electron chi connectivity index (χ2n) is 5.70. The molecule has 1 N–H and O–H groups in total. The summed E-state index contributed by atoms with van der Waals surface area (Å²) in [5.74, 6) is 1.33. The minimum absolute atomic E-state index is 0.217. The largest absolute Gasteiger partial charge is 0.378 e. The molecule has 4 nitrogen and oxygen atoms in total. The Morgan fingerprint density at radius 2 is 2.00 bits per heavy atom. The fraction of sp³-hybridized carbons (Fsp3) is 0.353. The van der Waals surface area contributed by atoms with Crippen LogP contribution in [0.3, 0.4) is 0 Å². The Balaban J connectivity index is 1.79. The number of halogens is 1. The van der Waals surface area contributed by atoms with Crippen LogP contribution in [0, 0.1) is 5.92 Å². The highest BCUT2D eigenvalue weighted by Gasteiger charge is 2.31. The van der Waals surface area contributed by atoms with Gasteiger partial charge in [0, 0.05) is 18.1 Å². The number of hydrogen-bond donors (Lipinski definition) is 1. The van der Waals surface area contributed by atoms with E-state index in [2.05, 4.69) is 34.5 Å². The van der Waals surface area contributed by atoms with E-state index in [0.29, 0.717) is 5.02 Å². The minimum Gasteiger partial charge on any atom is -0.378 e. The van der Waals surface area contributed by atoms with Gasteiger partial charge in [0.1, 0.15) is 5.84 Å². The van der Waals surface area contributed by atoms with Gasteiger partial charge in [0.2, 0.25) is 0 Å². The Hall–Kier alpha value is -1.78. The fourth-order valence-electron chi connectivity index (χ4n) is 3.16. The van der Waals surface area contributed by atoms with Crippen LogP contribution in [0.5, 0.6) is 0 Å². The average Bonchev–Trinajstić information content (AvgIpc) is 2.72. The number of amidine groups is 1. The zero-order chi connectivity index (χ0) is 14.9. The molecule has 2 heterocycles. The fourth-order valence-corrected chi connectivity index (χ4v) is 3.33.